The maximum absolute atomic E-state index is 12.5. The Labute approximate surface area is 121 Å². The number of carbonyl (C=O) groups excluding carboxylic acids is 1. The molecular weight excluding hydrogens is 250 g/mol. The Bertz CT molecular complexity index is 459. The lowest BCUT2D eigenvalue weighted by molar-refractivity contribution is 0.0503. The van der Waals surface area contributed by atoms with Crippen molar-refractivity contribution in [3.05, 3.63) is 35.4 Å². The number of likely N-dealkylation sites (tertiary alicyclic amines) is 1. The molecule has 0 spiro atoms. The molecule has 3 nitrogen and oxygen atoms in total. The van der Waals surface area contributed by atoms with Crippen molar-refractivity contribution in [1.29, 1.82) is 0 Å². The van der Waals surface area contributed by atoms with Gasteiger partial charge in [-0.2, -0.15) is 0 Å². The van der Waals surface area contributed by atoms with Gasteiger partial charge in [0, 0.05) is 12.1 Å². The van der Waals surface area contributed by atoms with E-state index in [2.05, 4.69) is 20.8 Å². The summed E-state index contributed by atoms with van der Waals surface area (Å²) in [5.74, 6) is 0.0456. The molecular formula is C17H25NO2. The molecule has 1 aromatic rings. The van der Waals surface area contributed by atoms with Gasteiger partial charge in [-0.15, -0.1) is 0 Å². The Kier molecular flexibility index (Phi) is 4.48. The van der Waals surface area contributed by atoms with Crippen LogP contribution in [0.3, 0.4) is 0 Å². The quantitative estimate of drug-likeness (QED) is 0.901. The van der Waals surface area contributed by atoms with E-state index in [1.165, 1.54) is 5.56 Å². The van der Waals surface area contributed by atoms with Gasteiger partial charge in [0.25, 0.3) is 5.91 Å². The van der Waals surface area contributed by atoms with Crippen LogP contribution in [0.1, 0.15) is 56.0 Å². The molecule has 2 rings (SSSR count). The smallest absolute Gasteiger partial charge is 0.254 e. The number of nitrogens with zero attached hydrogens (tertiary/aromatic N) is 1. The Balaban J connectivity index is 2.16. The predicted molar refractivity (Wildman–Crippen MR) is 80.9 cm³/mol. The summed E-state index contributed by atoms with van der Waals surface area (Å²) in [6.45, 7) is 7.31. The van der Waals surface area contributed by atoms with E-state index in [9.17, 15) is 9.90 Å². The Morgan fingerprint density at radius 2 is 1.90 bits per heavy atom. The highest BCUT2D eigenvalue weighted by Gasteiger charge is 2.27. The molecule has 20 heavy (non-hydrogen) atoms. The molecule has 0 saturated carbocycles. The molecule has 1 saturated heterocycles. The van der Waals surface area contributed by atoms with Crippen molar-refractivity contribution in [2.45, 2.75) is 51.5 Å². The average molecular weight is 275 g/mol. The summed E-state index contributed by atoms with van der Waals surface area (Å²) in [5.41, 5.74) is 2.05. The van der Waals surface area contributed by atoms with E-state index < -0.39 is 0 Å². The molecule has 1 amide bonds. The van der Waals surface area contributed by atoms with Crippen molar-refractivity contribution in [2.75, 3.05) is 13.2 Å². The maximum Gasteiger partial charge on any atom is 0.254 e. The predicted octanol–water partition coefficient (Wildman–Crippen LogP) is 2.97. The molecule has 3 heteroatoms. The fourth-order valence-electron chi connectivity index (χ4n) is 2.74. The van der Waals surface area contributed by atoms with E-state index in [0.29, 0.717) is 0 Å². The van der Waals surface area contributed by atoms with Gasteiger partial charge < -0.3 is 10.0 Å². The van der Waals surface area contributed by atoms with Crippen LogP contribution in [0.2, 0.25) is 0 Å². The third-order valence-electron chi connectivity index (χ3n) is 4.10. The lowest BCUT2D eigenvalue weighted by Gasteiger charge is -2.34. The van der Waals surface area contributed by atoms with Gasteiger partial charge in [0.2, 0.25) is 0 Å². The number of aliphatic hydroxyl groups is 1. The topological polar surface area (TPSA) is 40.5 Å². The van der Waals surface area contributed by atoms with Crippen molar-refractivity contribution in [2.24, 2.45) is 0 Å². The van der Waals surface area contributed by atoms with Gasteiger partial charge in [-0.05, 0) is 42.4 Å². The van der Waals surface area contributed by atoms with Crippen LogP contribution in [-0.2, 0) is 5.41 Å². The molecule has 110 valence electrons. The number of aliphatic hydroxyl groups excluding tert-OH is 1. The first-order valence-electron chi connectivity index (χ1n) is 7.46. The number of benzene rings is 1. The van der Waals surface area contributed by atoms with E-state index in [0.717, 1.165) is 31.4 Å². The Hall–Kier alpha value is -1.35. The van der Waals surface area contributed by atoms with Crippen LogP contribution in [0.5, 0.6) is 0 Å². The van der Waals surface area contributed by atoms with E-state index in [1.54, 1.807) is 0 Å². The SMILES string of the molecule is CC(C)(C)c1ccc(C(=O)N2CCCC[C@H]2CO)cc1. The minimum atomic E-state index is -0.0152. The number of rotatable bonds is 2. The first kappa shape index (κ1) is 15.0. The summed E-state index contributed by atoms with van der Waals surface area (Å²) in [6, 6.07) is 7.87. The molecule has 1 aliphatic heterocycles. The van der Waals surface area contributed by atoms with Crippen LogP contribution in [-0.4, -0.2) is 35.1 Å². The highest BCUT2D eigenvalue weighted by molar-refractivity contribution is 5.94. The van der Waals surface area contributed by atoms with E-state index in [4.69, 9.17) is 0 Å². The molecule has 0 aliphatic carbocycles. The van der Waals surface area contributed by atoms with Crippen molar-refractivity contribution in [3.8, 4) is 0 Å². The third kappa shape index (κ3) is 3.21. The third-order valence-corrected chi connectivity index (χ3v) is 4.10. The van der Waals surface area contributed by atoms with Crippen LogP contribution < -0.4 is 0 Å². The van der Waals surface area contributed by atoms with E-state index in [1.807, 2.05) is 29.2 Å². The summed E-state index contributed by atoms with van der Waals surface area (Å²) < 4.78 is 0. The van der Waals surface area contributed by atoms with Gasteiger partial charge in [0.1, 0.15) is 0 Å². The lowest BCUT2D eigenvalue weighted by atomic mass is 9.86. The monoisotopic (exact) mass is 275 g/mol. The minimum absolute atomic E-state index is 0.0152. The summed E-state index contributed by atoms with van der Waals surface area (Å²) >= 11 is 0. The van der Waals surface area contributed by atoms with Crippen LogP contribution in [0, 0.1) is 0 Å². The van der Waals surface area contributed by atoms with Gasteiger partial charge in [-0.25, -0.2) is 0 Å². The highest BCUT2D eigenvalue weighted by atomic mass is 16.3. The zero-order chi connectivity index (χ0) is 14.8. The van der Waals surface area contributed by atoms with E-state index in [-0.39, 0.29) is 24.0 Å². The average Bonchev–Trinajstić information content (AvgIpc) is 2.45. The summed E-state index contributed by atoms with van der Waals surface area (Å²) in [7, 11) is 0. The molecule has 1 atom stereocenters. The van der Waals surface area contributed by atoms with Gasteiger partial charge in [-0.1, -0.05) is 32.9 Å². The molecule has 0 bridgehead atoms. The second-order valence-electron chi connectivity index (χ2n) is 6.66. The second-order valence-corrected chi connectivity index (χ2v) is 6.66. The number of hydrogen-bond acceptors (Lipinski definition) is 2. The Morgan fingerprint density at radius 1 is 1.25 bits per heavy atom. The molecule has 1 aliphatic rings. The molecule has 0 unspecified atom stereocenters. The van der Waals surface area contributed by atoms with Crippen LogP contribution in [0.4, 0.5) is 0 Å². The van der Waals surface area contributed by atoms with Crippen LogP contribution >= 0.6 is 0 Å². The zero-order valence-electron chi connectivity index (χ0n) is 12.7. The fourth-order valence-corrected chi connectivity index (χ4v) is 2.74. The fraction of sp³-hybridized carbons (Fsp3) is 0.588. The first-order valence-corrected chi connectivity index (χ1v) is 7.46. The van der Waals surface area contributed by atoms with Crippen molar-refractivity contribution < 1.29 is 9.90 Å². The minimum Gasteiger partial charge on any atom is -0.394 e. The van der Waals surface area contributed by atoms with Gasteiger partial charge in [0.15, 0.2) is 0 Å². The normalized spacial score (nSPS) is 20.0. The highest BCUT2D eigenvalue weighted by Crippen LogP contribution is 2.24. The second kappa shape index (κ2) is 5.96. The molecule has 1 N–H and O–H groups in total. The first-order chi connectivity index (χ1) is 9.43. The zero-order valence-corrected chi connectivity index (χ0v) is 12.7. The summed E-state index contributed by atoms with van der Waals surface area (Å²) in [6.07, 6.45) is 3.03. The van der Waals surface area contributed by atoms with Crippen molar-refractivity contribution in [3.63, 3.8) is 0 Å². The van der Waals surface area contributed by atoms with Gasteiger partial charge in [-0.3, -0.25) is 4.79 Å². The van der Waals surface area contributed by atoms with Gasteiger partial charge in [0.05, 0.1) is 12.6 Å². The number of carbonyl (C=O) groups is 1. The van der Waals surface area contributed by atoms with Crippen molar-refractivity contribution in [1.82, 2.24) is 4.90 Å². The summed E-state index contributed by atoms with van der Waals surface area (Å²) in [5, 5.41) is 9.41. The van der Waals surface area contributed by atoms with Crippen LogP contribution in [0.25, 0.3) is 0 Å². The molecule has 0 aromatic heterocycles. The largest absolute Gasteiger partial charge is 0.394 e. The Morgan fingerprint density at radius 3 is 2.45 bits per heavy atom. The molecule has 1 heterocycles. The van der Waals surface area contributed by atoms with E-state index >= 15 is 0 Å². The maximum atomic E-state index is 12.5. The number of amides is 1. The van der Waals surface area contributed by atoms with Crippen LogP contribution in [0.15, 0.2) is 24.3 Å². The standard InChI is InChI=1S/C17H25NO2/c1-17(2,3)14-9-7-13(8-10-14)16(20)18-11-5-4-6-15(18)12-19/h7-10,15,19H,4-6,11-12H2,1-3H3/t15-/m0/s1. The van der Waals surface area contributed by atoms with Gasteiger partial charge >= 0.3 is 0 Å². The lowest BCUT2D eigenvalue weighted by Crippen LogP contribution is -2.45. The number of hydrogen-bond donors (Lipinski definition) is 1. The van der Waals surface area contributed by atoms with Crippen molar-refractivity contribution >= 4 is 5.91 Å². The number of piperidine rings is 1. The molecule has 0 radical (unpaired) electrons. The molecule has 1 aromatic carbocycles. The molecule has 1 fully saturated rings. The summed E-state index contributed by atoms with van der Waals surface area (Å²) in [4.78, 5) is 14.4.